The van der Waals surface area contributed by atoms with Gasteiger partial charge in [0.05, 0.1) is 0 Å². The van der Waals surface area contributed by atoms with Crippen LogP contribution in [0.5, 0.6) is 0 Å². The van der Waals surface area contributed by atoms with Crippen LogP contribution in [0.15, 0.2) is 0 Å². The van der Waals surface area contributed by atoms with Gasteiger partial charge >= 0.3 is 0 Å². The van der Waals surface area contributed by atoms with E-state index in [1.165, 1.54) is 51.6 Å². The number of rotatable bonds is 2. The molecule has 2 aliphatic rings. The Labute approximate surface area is 101 Å². The minimum absolute atomic E-state index is 0.569. The summed E-state index contributed by atoms with van der Waals surface area (Å²) in [6.45, 7) is 7.30. The van der Waals surface area contributed by atoms with Gasteiger partial charge in [-0.2, -0.15) is 0 Å². The number of nitrogens with zero attached hydrogens (tertiary/aromatic N) is 1. The molecule has 2 atom stereocenters. The number of nitrogens with one attached hydrogen (secondary N) is 1. The van der Waals surface area contributed by atoms with Crippen LogP contribution in [0.3, 0.4) is 0 Å². The lowest BCUT2D eigenvalue weighted by Gasteiger charge is -2.44. The van der Waals surface area contributed by atoms with E-state index in [9.17, 15) is 0 Å². The van der Waals surface area contributed by atoms with Gasteiger partial charge in [-0.3, -0.25) is 4.90 Å². The molecule has 0 spiro atoms. The summed E-state index contributed by atoms with van der Waals surface area (Å²) in [4.78, 5) is 2.67. The van der Waals surface area contributed by atoms with Crippen molar-refractivity contribution in [2.75, 3.05) is 20.1 Å². The molecule has 0 aromatic rings. The minimum Gasteiger partial charge on any atom is -0.315 e. The van der Waals surface area contributed by atoms with Crippen LogP contribution >= 0.6 is 0 Å². The fourth-order valence-corrected chi connectivity index (χ4v) is 3.49. The van der Waals surface area contributed by atoms with E-state index < -0.39 is 0 Å². The SMILES string of the molecule is CN(C1CCCNC1)C1CCCC(C)(C)C1. The fraction of sp³-hybridized carbons (Fsp3) is 1.00. The Morgan fingerprint density at radius 1 is 1.12 bits per heavy atom. The zero-order valence-electron chi connectivity index (χ0n) is 11.3. The quantitative estimate of drug-likeness (QED) is 0.776. The normalized spacial score (nSPS) is 35.2. The van der Waals surface area contributed by atoms with E-state index in [1.807, 2.05) is 0 Å². The molecule has 1 heterocycles. The number of hydrogen-bond acceptors (Lipinski definition) is 2. The Hall–Kier alpha value is -0.0800. The Balaban J connectivity index is 1.90. The monoisotopic (exact) mass is 224 g/mol. The van der Waals surface area contributed by atoms with Crippen molar-refractivity contribution in [3.05, 3.63) is 0 Å². The second kappa shape index (κ2) is 5.05. The molecule has 94 valence electrons. The number of hydrogen-bond donors (Lipinski definition) is 1. The van der Waals surface area contributed by atoms with Crippen molar-refractivity contribution in [1.29, 1.82) is 0 Å². The largest absolute Gasteiger partial charge is 0.315 e. The first kappa shape index (κ1) is 12.4. The molecule has 2 rings (SSSR count). The summed E-state index contributed by atoms with van der Waals surface area (Å²) in [6, 6.07) is 1.61. The standard InChI is InChI=1S/C14H28N2/c1-14(2)8-4-6-12(10-14)16(3)13-7-5-9-15-11-13/h12-13,15H,4-11H2,1-3H3. The van der Waals surface area contributed by atoms with Crippen molar-refractivity contribution < 1.29 is 0 Å². The predicted molar refractivity (Wildman–Crippen MR) is 69.7 cm³/mol. The Morgan fingerprint density at radius 2 is 1.88 bits per heavy atom. The molecular weight excluding hydrogens is 196 g/mol. The summed E-state index contributed by atoms with van der Waals surface area (Å²) in [6.07, 6.45) is 8.38. The molecule has 1 saturated carbocycles. The van der Waals surface area contributed by atoms with Crippen molar-refractivity contribution >= 4 is 0 Å². The van der Waals surface area contributed by atoms with Gasteiger partial charge in [0.15, 0.2) is 0 Å². The first-order chi connectivity index (χ1) is 7.58. The molecule has 2 nitrogen and oxygen atoms in total. The summed E-state index contributed by atoms with van der Waals surface area (Å²) in [5.74, 6) is 0. The smallest absolute Gasteiger partial charge is 0.0221 e. The van der Waals surface area contributed by atoms with Gasteiger partial charge in [0.1, 0.15) is 0 Å². The van der Waals surface area contributed by atoms with E-state index in [1.54, 1.807) is 0 Å². The molecule has 0 aromatic carbocycles. The molecule has 2 fully saturated rings. The average Bonchev–Trinajstić information content (AvgIpc) is 2.28. The summed E-state index contributed by atoms with van der Waals surface area (Å²) >= 11 is 0. The van der Waals surface area contributed by atoms with E-state index in [2.05, 4.69) is 31.1 Å². The molecule has 2 heteroatoms. The molecule has 0 aromatic heterocycles. The van der Waals surface area contributed by atoms with Gasteiger partial charge in [0.25, 0.3) is 0 Å². The average molecular weight is 224 g/mol. The van der Waals surface area contributed by atoms with E-state index >= 15 is 0 Å². The van der Waals surface area contributed by atoms with Crippen LogP contribution in [0.2, 0.25) is 0 Å². The zero-order chi connectivity index (χ0) is 11.6. The Bertz CT molecular complexity index is 219. The summed E-state index contributed by atoms with van der Waals surface area (Å²) in [5, 5.41) is 3.53. The first-order valence-corrected chi connectivity index (χ1v) is 7.01. The van der Waals surface area contributed by atoms with Crippen LogP contribution in [0.4, 0.5) is 0 Å². The number of piperidine rings is 1. The van der Waals surface area contributed by atoms with Crippen LogP contribution in [0, 0.1) is 5.41 Å². The highest BCUT2D eigenvalue weighted by Crippen LogP contribution is 2.37. The van der Waals surface area contributed by atoms with E-state index in [0.29, 0.717) is 5.41 Å². The minimum atomic E-state index is 0.569. The van der Waals surface area contributed by atoms with Gasteiger partial charge in [0.2, 0.25) is 0 Å². The highest BCUT2D eigenvalue weighted by molar-refractivity contribution is 4.88. The zero-order valence-corrected chi connectivity index (χ0v) is 11.3. The van der Waals surface area contributed by atoms with Crippen LogP contribution in [-0.2, 0) is 0 Å². The second-order valence-electron chi connectivity index (χ2n) is 6.58. The van der Waals surface area contributed by atoms with Crippen LogP contribution in [0.25, 0.3) is 0 Å². The third kappa shape index (κ3) is 2.98. The maximum absolute atomic E-state index is 3.53. The molecule has 0 radical (unpaired) electrons. The van der Waals surface area contributed by atoms with Gasteiger partial charge in [0, 0.05) is 18.6 Å². The Kier molecular flexibility index (Phi) is 3.91. The van der Waals surface area contributed by atoms with Gasteiger partial charge < -0.3 is 5.32 Å². The molecule has 1 N–H and O–H groups in total. The number of likely N-dealkylation sites (N-methyl/N-ethyl adjacent to an activating group) is 1. The van der Waals surface area contributed by atoms with Crippen molar-refractivity contribution in [2.45, 2.75) is 64.5 Å². The molecule has 2 unspecified atom stereocenters. The van der Waals surface area contributed by atoms with Crippen LogP contribution < -0.4 is 5.32 Å². The molecule has 1 aliphatic heterocycles. The molecule has 16 heavy (non-hydrogen) atoms. The van der Waals surface area contributed by atoms with E-state index in [-0.39, 0.29) is 0 Å². The highest BCUT2D eigenvalue weighted by Gasteiger charge is 2.32. The van der Waals surface area contributed by atoms with Crippen molar-refractivity contribution in [2.24, 2.45) is 5.41 Å². The van der Waals surface area contributed by atoms with Gasteiger partial charge in [-0.05, 0) is 51.1 Å². The first-order valence-electron chi connectivity index (χ1n) is 7.01. The van der Waals surface area contributed by atoms with Crippen LogP contribution in [-0.4, -0.2) is 37.1 Å². The highest BCUT2D eigenvalue weighted by atomic mass is 15.2. The second-order valence-corrected chi connectivity index (χ2v) is 6.58. The summed E-state index contributed by atoms with van der Waals surface area (Å²) < 4.78 is 0. The van der Waals surface area contributed by atoms with Gasteiger partial charge in [-0.25, -0.2) is 0 Å². The van der Waals surface area contributed by atoms with Gasteiger partial charge in [-0.1, -0.05) is 20.3 Å². The van der Waals surface area contributed by atoms with Gasteiger partial charge in [-0.15, -0.1) is 0 Å². The molecule has 0 amide bonds. The topological polar surface area (TPSA) is 15.3 Å². The maximum atomic E-state index is 3.53. The summed E-state index contributed by atoms with van der Waals surface area (Å²) in [5.41, 5.74) is 0.569. The van der Waals surface area contributed by atoms with E-state index in [0.717, 1.165) is 12.1 Å². The van der Waals surface area contributed by atoms with Crippen molar-refractivity contribution in [1.82, 2.24) is 10.2 Å². The third-order valence-corrected chi connectivity index (χ3v) is 4.60. The Morgan fingerprint density at radius 3 is 2.50 bits per heavy atom. The van der Waals surface area contributed by atoms with Crippen molar-refractivity contribution in [3.63, 3.8) is 0 Å². The third-order valence-electron chi connectivity index (χ3n) is 4.60. The lowest BCUT2D eigenvalue weighted by atomic mass is 9.74. The van der Waals surface area contributed by atoms with E-state index in [4.69, 9.17) is 0 Å². The summed E-state index contributed by atoms with van der Waals surface area (Å²) in [7, 11) is 2.35. The predicted octanol–water partition coefficient (Wildman–Crippen LogP) is 2.64. The van der Waals surface area contributed by atoms with Crippen LogP contribution in [0.1, 0.15) is 52.4 Å². The maximum Gasteiger partial charge on any atom is 0.0221 e. The molecule has 1 saturated heterocycles. The molecule has 1 aliphatic carbocycles. The lowest BCUT2D eigenvalue weighted by molar-refractivity contribution is 0.0725. The molecule has 0 bridgehead atoms. The van der Waals surface area contributed by atoms with Crippen molar-refractivity contribution in [3.8, 4) is 0 Å². The molecular formula is C14H28N2. The fourth-order valence-electron chi connectivity index (χ4n) is 3.49. The lowest BCUT2D eigenvalue weighted by Crippen LogP contribution is -2.50.